The molecule has 0 aliphatic carbocycles. The van der Waals surface area contributed by atoms with Crippen LogP contribution in [0.2, 0.25) is 0 Å². The number of hydrogen-bond acceptors (Lipinski definition) is 2. The molecule has 1 unspecified atom stereocenters. The maximum Gasteiger partial charge on any atom is 0.0208 e. The fourth-order valence-electron chi connectivity index (χ4n) is 1.68. The largest absolute Gasteiger partial charge is 0.315 e. The van der Waals surface area contributed by atoms with E-state index in [1.807, 2.05) is 0 Å². The van der Waals surface area contributed by atoms with Gasteiger partial charge in [0.05, 0.1) is 0 Å². The van der Waals surface area contributed by atoms with Gasteiger partial charge in [0, 0.05) is 23.6 Å². The van der Waals surface area contributed by atoms with E-state index in [-0.39, 0.29) is 0 Å². The molecule has 1 aromatic rings. The highest BCUT2D eigenvalue weighted by Crippen LogP contribution is 2.16. The van der Waals surface area contributed by atoms with Crippen molar-refractivity contribution in [1.82, 2.24) is 10.6 Å². The van der Waals surface area contributed by atoms with Crippen LogP contribution in [0.1, 0.15) is 31.4 Å². The van der Waals surface area contributed by atoms with Crippen LogP contribution in [0, 0.1) is 6.92 Å². The molecule has 0 saturated carbocycles. The zero-order chi connectivity index (χ0) is 12.7. The van der Waals surface area contributed by atoms with Gasteiger partial charge in [0.2, 0.25) is 0 Å². The van der Waals surface area contributed by atoms with E-state index in [1.54, 1.807) is 0 Å². The number of rotatable bonds is 7. The highest BCUT2D eigenvalue weighted by atomic mass is 79.9. The molecule has 0 heterocycles. The zero-order valence-electron chi connectivity index (χ0n) is 11.0. The highest BCUT2D eigenvalue weighted by Gasteiger charge is 2.02. The summed E-state index contributed by atoms with van der Waals surface area (Å²) in [5, 5.41) is 6.95. The summed E-state index contributed by atoms with van der Waals surface area (Å²) in [6.07, 6.45) is 1.19. The molecule has 3 heteroatoms. The van der Waals surface area contributed by atoms with E-state index in [9.17, 15) is 0 Å². The Morgan fingerprint density at radius 3 is 2.76 bits per heavy atom. The lowest BCUT2D eigenvalue weighted by atomic mass is 10.1. The van der Waals surface area contributed by atoms with E-state index in [1.165, 1.54) is 22.0 Å². The van der Waals surface area contributed by atoms with Crippen molar-refractivity contribution in [2.24, 2.45) is 0 Å². The average Bonchev–Trinajstić information content (AvgIpc) is 2.31. The number of aryl methyl sites for hydroxylation is 1. The molecule has 0 aliphatic heterocycles. The molecule has 2 nitrogen and oxygen atoms in total. The van der Waals surface area contributed by atoms with E-state index in [0.717, 1.165) is 19.6 Å². The summed E-state index contributed by atoms with van der Waals surface area (Å²) in [6.45, 7) is 9.60. The lowest BCUT2D eigenvalue weighted by Gasteiger charge is -2.15. The molecular formula is C14H23BrN2. The first-order valence-electron chi connectivity index (χ1n) is 6.32. The standard InChI is InChI=1S/C14H23BrN2/c1-4-7-16-9-12(3)17-10-13-5-6-14(15)11(2)8-13/h5-6,8,12,16-17H,4,7,9-10H2,1-3H3. The molecule has 17 heavy (non-hydrogen) atoms. The Balaban J connectivity index is 2.31. The van der Waals surface area contributed by atoms with E-state index in [2.05, 4.69) is 65.5 Å². The SMILES string of the molecule is CCCNCC(C)NCc1ccc(Br)c(C)c1. The third-order valence-corrected chi connectivity index (χ3v) is 3.64. The van der Waals surface area contributed by atoms with Crippen molar-refractivity contribution >= 4 is 15.9 Å². The van der Waals surface area contributed by atoms with Crippen LogP contribution in [-0.4, -0.2) is 19.1 Å². The molecule has 0 amide bonds. The number of nitrogens with one attached hydrogen (secondary N) is 2. The summed E-state index contributed by atoms with van der Waals surface area (Å²) in [5.41, 5.74) is 2.63. The van der Waals surface area contributed by atoms with Crippen LogP contribution in [0.25, 0.3) is 0 Å². The molecule has 0 fully saturated rings. The minimum atomic E-state index is 0.505. The van der Waals surface area contributed by atoms with Crippen LogP contribution >= 0.6 is 15.9 Å². The molecule has 0 bridgehead atoms. The summed E-state index contributed by atoms with van der Waals surface area (Å²) in [5.74, 6) is 0. The lowest BCUT2D eigenvalue weighted by molar-refractivity contribution is 0.501. The molecule has 0 spiro atoms. The van der Waals surface area contributed by atoms with Gasteiger partial charge in [-0.15, -0.1) is 0 Å². The fourth-order valence-corrected chi connectivity index (χ4v) is 1.92. The zero-order valence-corrected chi connectivity index (χ0v) is 12.6. The summed E-state index contributed by atoms with van der Waals surface area (Å²) >= 11 is 3.52. The van der Waals surface area contributed by atoms with Crippen LogP contribution in [0.5, 0.6) is 0 Å². The number of halogens is 1. The second-order valence-corrected chi connectivity index (χ2v) is 5.42. The normalized spacial score (nSPS) is 12.7. The van der Waals surface area contributed by atoms with Crippen molar-refractivity contribution in [2.75, 3.05) is 13.1 Å². The highest BCUT2D eigenvalue weighted by molar-refractivity contribution is 9.10. The first-order valence-corrected chi connectivity index (χ1v) is 7.12. The van der Waals surface area contributed by atoms with E-state index in [0.29, 0.717) is 6.04 Å². The van der Waals surface area contributed by atoms with Crippen molar-refractivity contribution in [3.8, 4) is 0 Å². The molecule has 1 aromatic carbocycles. The smallest absolute Gasteiger partial charge is 0.0208 e. The van der Waals surface area contributed by atoms with Gasteiger partial charge in [-0.1, -0.05) is 35.0 Å². The van der Waals surface area contributed by atoms with Gasteiger partial charge in [0.25, 0.3) is 0 Å². The lowest BCUT2D eigenvalue weighted by Crippen LogP contribution is -2.36. The molecule has 0 aliphatic rings. The first kappa shape index (κ1) is 14.7. The minimum Gasteiger partial charge on any atom is -0.315 e. The van der Waals surface area contributed by atoms with E-state index < -0.39 is 0 Å². The Labute approximate surface area is 113 Å². The molecule has 0 saturated heterocycles. The average molecular weight is 299 g/mol. The van der Waals surface area contributed by atoms with Crippen molar-refractivity contribution in [3.63, 3.8) is 0 Å². The molecule has 1 atom stereocenters. The first-order chi connectivity index (χ1) is 8.13. The van der Waals surface area contributed by atoms with E-state index >= 15 is 0 Å². The Morgan fingerprint density at radius 2 is 2.12 bits per heavy atom. The molecule has 96 valence electrons. The second kappa shape index (κ2) is 7.85. The van der Waals surface area contributed by atoms with Crippen molar-refractivity contribution in [1.29, 1.82) is 0 Å². The van der Waals surface area contributed by atoms with Gasteiger partial charge in [-0.3, -0.25) is 0 Å². The molecule has 1 rings (SSSR count). The van der Waals surface area contributed by atoms with Gasteiger partial charge in [0.1, 0.15) is 0 Å². The van der Waals surface area contributed by atoms with Crippen molar-refractivity contribution in [2.45, 2.75) is 39.8 Å². The maximum absolute atomic E-state index is 3.53. The van der Waals surface area contributed by atoms with E-state index in [4.69, 9.17) is 0 Å². The summed E-state index contributed by atoms with van der Waals surface area (Å²) < 4.78 is 1.18. The fraction of sp³-hybridized carbons (Fsp3) is 0.571. The van der Waals surface area contributed by atoms with Crippen LogP contribution in [-0.2, 0) is 6.54 Å². The predicted molar refractivity (Wildman–Crippen MR) is 78.3 cm³/mol. The number of benzene rings is 1. The maximum atomic E-state index is 3.53. The predicted octanol–water partition coefficient (Wildman–Crippen LogP) is 3.24. The Hall–Kier alpha value is -0.380. The Kier molecular flexibility index (Phi) is 6.78. The number of hydrogen-bond donors (Lipinski definition) is 2. The third-order valence-electron chi connectivity index (χ3n) is 2.75. The topological polar surface area (TPSA) is 24.1 Å². The van der Waals surface area contributed by atoms with Crippen molar-refractivity contribution < 1.29 is 0 Å². The van der Waals surface area contributed by atoms with Gasteiger partial charge in [-0.05, 0) is 44.0 Å². The van der Waals surface area contributed by atoms with Crippen LogP contribution in [0.15, 0.2) is 22.7 Å². The summed E-state index contributed by atoms with van der Waals surface area (Å²) in [6, 6.07) is 7.01. The molecule has 2 N–H and O–H groups in total. The van der Waals surface area contributed by atoms with Crippen LogP contribution in [0.3, 0.4) is 0 Å². The summed E-state index contributed by atoms with van der Waals surface area (Å²) in [7, 11) is 0. The van der Waals surface area contributed by atoms with Crippen LogP contribution in [0.4, 0.5) is 0 Å². The Bertz CT molecular complexity index is 339. The van der Waals surface area contributed by atoms with Gasteiger partial charge in [-0.2, -0.15) is 0 Å². The minimum absolute atomic E-state index is 0.505. The molecule has 0 radical (unpaired) electrons. The van der Waals surface area contributed by atoms with Gasteiger partial charge in [0.15, 0.2) is 0 Å². The second-order valence-electron chi connectivity index (χ2n) is 4.57. The molecular weight excluding hydrogens is 276 g/mol. The monoisotopic (exact) mass is 298 g/mol. The Morgan fingerprint density at radius 1 is 1.35 bits per heavy atom. The van der Waals surface area contributed by atoms with Gasteiger partial charge < -0.3 is 10.6 Å². The van der Waals surface area contributed by atoms with Crippen molar-refractivity contribution in [3.05, 3.63) is 33.8 Å². The van der Waals surface area contributed by atoms with Gasteiger partial charge >= 0.3 is 0 Å². The van der Waals surface area contributed by atoms with Crippen LogP contribution < -0.4 is 10.6 Å². The molecule has 0 aromatic heterocycles. The summed E-state index contributed by atoms with van der Waals surface area (Å²) in [4.78, 5) is 0. The van der Waals surface area contributed by atoms with Gasteiger partial charge in [-0.25, -0.2) is 0 Å². The third kappa shape index (κ3) is 5.66. The quantitative estimate of drug-likeness (QED) is 0.755.